The largest absolute Gasteiger partial charge is 0.328 e. The molecule has 1 amide bonds. The van der Waals surface area contributed by atoms with Gasteiger partial charge in [-0.15, -0.1) is 0 Å². The fourth-order valence-electron chi connectivity index (χ4n) is 2.09. The SMILES string of the molecule is CC[C@@H](C)c1ccc(NC(=O)Cn2cc(Br)c(=O)[nH]c2=O)cc1. The maximum atomic E-state index is 12.0. The first-order chi connectivity index (χ1) is 10.9. The third-order valence-corrected chi connectivity index (χ3v) is 4.22. The van der Waals surface area contributed by atoms with Crippen LogP contribution in [-0.2, 0) is 11.3 Å². The molecule has 122 valence electrons. The zero-order valence-corrected chi connectivity index (χ0v) is 14.5. The Kier molecular flexibility index (Phi) is 5.54. The van der Waals surface area contributed by atoms with Gasteiger partial charge in [-0.3, -0.25) is 19.1 Å². The van der Waals surface area contributed by atoms with E-state index in [-0.39, 0.29) is 16.9 Å². The first kappa shape index (κ1) is 17.2. The number of hydrogen-bond donors (Lipinski definition) is 2. The molecule has 6 nitrogen and oxygen atoms in total. The molecule has 0 saturated carbocycles. The van der Waals surface area contributed by atoms with Gasteiger partial charge in [0, 0.05) is 11.9 Å². The van der Waals surface area contributed by atoms with Crippen LogP contribution in [-0.4, -0.2) is 15.5 Å². The van der Waals surface area contributed by atoms with E-state index in [1.165, 1.54) is 11.8 Å². The first-order valence-corrected chi connectivity index (χ1v) is 8.09. The highest BCUT2D eigenvalue weighted by Crippen LogP contribution is 2.20. The Labute approximate surface area is 141 Å². The van der Waals surface area contributed by atoms with Gasteiger partial charge in [0.15, 0.2) is 0 Å². The zero-order valence-electron chi connectivity index (χ0n) is 12.9. The van der Waals surface area contributed by atoms with Gasteiger partial charge in [-0.1, -0.05) is 26.0 Å². The number of aromatic amines is 1. The van der Waals surface area contributed by atoms with Crippen LogP contribution in [0.4, 0.5) is 5.69 Å². The molecule has 0 spiro atoms. The van der Waals surface area contributed by atoms with Crippen LogP contribution in [0.3, 0.4) is 0 Å². The van der Waals surface area contributed by atoms with Crippen molar-refractivity contribution >= 4 is 27.5 Å². The molecule has 1 heterocycles. The number of nitrogens with zero attached hydrogens (tertiary/aromatic N) is 1. The lowest BCUT2D eigenvalue weighted by atomic mass is 9.99. The molecule has 0 aliphatic carbocycles. The summed E-state index contributed by atoms with van der Waals surface area (Å²) in [5, 5.41) is 2.73. The maximum Gasteiger partial charge on any atom is 0.328 e. The maximum absolute atomic E-state index is 12.0. The Hall–Kier alpha value is -2.15. The zero-order chi connectivity index (χ0) is 17.0. The van der Waals surface area contributed by atoms with Crippen molar-refractivity contribution in [2.24, 2.45) is 0 Å². The van der Waals surface area contributed by atoms with E-state index >= 15 is 0 Å². The molecule has 0 fully saturated rings. The molecule has 0 unspecified atom stereocenters. The second-order valence-corrected chi connectivity index (χ2v) is 6.20. The number of hydrogen-bond acceptors (Lipinski definition) is 3. The number of carbonyl (C=O) groups excluding carboxylic acids is 1. The molecule has 2 rings (SSSR count). The summed E-state index contributed by atoms with van der Waals surface area (Å²) in [6, 6.07) is 7.63. The minimum Gasteiger partial charge on any atom is -0.325 e. The highest BCUT2D eigenvalue weighted by Gasteiger charge is 2.08. The van der Waals surface area contributed by atoms with Crippen LogP contribution in [0, 0.1) is 0 Å². The van der Waals surface area contributed by atoms with Gasteiger partial charge in [0.25, 0.3) is 5.56 Å². The quantitative estimate of drug-likeness (QED) is 0.836. The van der Waals surface area contributed by atoms with Gasteiger partial charge in [0.1, 0.15) is 6.54 Å². The van der Waals surface area contributed by atoms with E-state index < -0.39 is 11.2 Å². The molecule has 0 radical (unpaired) electrons. The van der Waals surface area contributed by atoms with Crippen molar-refractivity contribution in [1.29, 1.82) is 0 Å². The van der Waals surface area contributed by atoms with Crippen LogP contribution < -0.4 is 16.6 Å². The average Bonchev–Trinajstić information content (AvgIpc) is 2.52. The Balaban J connectivity index is 2.07. The van der Waals surface area contributed by atoms with E-state index in [0.29, 0.717) is 11.6 Å². The molecular weight excluding hydrogens is 362 g/mol. The number of anilines is 1. The first-order valence-electron chi connectivity index (χ1n) is 7.29. The molecule has 0 saturated heterocycles. The molecule has 1 atom stereocenters. The van der Waals surface area contributed by atoms with Crippen LogP contribution in [0.1, 0.15) is 31.7 Å². The Morgan fingerprint density at radius 2 is 1.96 bits per heavy atom. The smallest absolute Gasteiger partial charge is 0.325 e. The van der Waals surface area contributed by atoms with Crippen molar-refractivity contribution in [3.63, 3.8) is 0 Å². The average molecular weight is 380 g/mol. The summed E-state index contributed by atoms with van der Waals surface area (Å²) in [5.74, 6) is 0.124. The minimum absolute atomic E-state index is 0.179. The lowest BCUT2D eigenvalue weighted by Gasteiger charge is -2.11. The third-order valence-electron chi connectivity index (χ3n) is 3.66. The highest BCUT2D eigenvalue weighted by atomic mass is 79.9. The van der Waals surface area contributed by atoms with Gasteiger partial charge in [-0.2, -0.15) is 0 Å². The van der Waals surface area contributed by atoms with Gasteiger partial charge in [0.05, 0.1) is 4.47 Å². The van der Waals surface area contributed by atoms with Crippen LogP contribution in [0.5, 0.6) is 0 Å². The van der Waals surface area contributed by atoms with E-state index in [0.717, 1.165) is 11.0 Å². The summed E-state index contributed by atoms with van der Waals surface area (Å²) < 4.78 is 1.33. The number of amides is 1. The molecule has 0 aliphatic rings. The van der Waals surface area contributed by atoms with Crippen molar-refractivity contribution in [2.45, 2.75) is 32.7 Å². The van der Waals surface area contributed by atoms with Crippen molar-refractivity contribution in [1.82, 2.24) is 9.55 Å². The lowest BCUT2D eigenvalue weighted by molar-refractivity contribution is -0.116. The fraction of sp³-hybridized carbons (Fsp3) is 0.312. The van der Waals surface area contributed by atoms with Crippen LogP contribution in [0.15, 0.2) is 44.5 Å². The molecular formula is C16H18BrN3O3. The molecule has 2 N–H and O–H groups in total. The number of H-pyrrole nitrogens is 1. The summed E-state index contributed by atoms with van der Waals surface area (Å²) in [6.45, 7) is 4.09. The molecule has 23 heavy (non-hydrogen) atoms. The van der Waals surface area contributed by atoms with E-state index in [1.54, 1.807) is 0 Å². The predicted octanol–water partition coefficient (Wildman–Crippen LogP) is 2.45. The predicted molar refractivity (Wildman–Crippen MR) is 92.8 cm³/mol. The number of rotatable bonds is 5. The second-order valence-electron chi connectivity index (χ2n) is 5.34. The van der Waals surface area contributed by atoms with Gasteiger partial charge in [-0.25, -0.2) is 4.79 Å². The lowest BCUT2D eigenvalue weighted by Crippen LogP contribution is -2.33. The Morgan fingerprint density at radius 1 is 1.30 bits per heavy atom. The van der Waals surface area contributed by atoms with Crippen LogP contribution in [0.25, 0.3) is 0 Å². The van der Waals surface area contributed by atoms with Gasteiger partial charge < -0.3 is 5.32 Å². The van der Waals surface area contributed by atoms with E-state index in [9.17, 15) is 14.4 Å². The van der Waals surface area contributed by atoms with E-state index in [2.05, 4.69) is 40.1 Å². The molecule has 0 aliphatic heterocycles. The van der Waals surface area contributed by atoms with E-state index in [1.807, 2.05) is 24.3 Å². The van der Waals surface area contributed by atoms with Crippen molar-refractivity contribution in [3.8, 4) is 0 Å². The van der Waals surface area contributed by atoms with Crippen molar-refractivity contribution in [2.75, 3.05) is 5.32 Å². The molecule has 0 bridgehead atoms. The molecule has 1 aromatic carbocycles. The van der Waals surface area contributed by atoms with Gasteiger partial charge >= 0.3 is 5.69 Å². The molecule has 2 aromatic rings. The van der Waals surface area contributed by atoms with Crippen molar-refractivity contribution in [3.05, 3.63) is 61.3 Å². The molecule has 1 aromatic heterocycles. The van der Waals surface area contributed by atoms with Crippen LogP contribution >= 0.6 is 15.9 Å². The number of halogens is 1. The van der Waals surface area contributed by atoms with Gasteiger partial charge in [0.2, 0.25) is 5.91 Å². The minimum atomic E-state index is -0.625. The van der Waals surface area contributed by atoms with Crippen LogP contribution in [0.2, 0.25) is 0 Å². The summed E-state index contributed by atoms with van der Waals surface area (Å²) in [4.78, 5) is 37.1. The Bertz CT molecular complexity index is 809. The summed E-state index contributed by atoms with van der Waals surface area (Å²) in [5.41, 5.74) is 0.734. The second kappa shape index (κ2) is 7.41. The number of carbonyl (C=O) groups is 1. The van der Waals surface area contributed by atoms with E-state index in [4.69, 9.17) is 0 Å². The Morgan fingerprint density at radius 3 is 2.57 bits per heavy atom. The topological polar surface area (TPSA) is 84.0 Å². The summed E-state index contributed by atoms with van der Waals surface area (Å²) in [6.07, 6.45) is 2.35. The fourth-order valence-corrected chi connectivity index (χ4v) is 2.43. The monoisotopic (exact) mass is 379 g/mol. The molecule has 7 heteroatoms. The normalized spacial score (nSPS) is 12.0. The number of benzene rings is 1. The summed E-state index contributed by atoms with van der Waals surface area (Å²) in [7, 11) is 0. The van der Waals surface area contributed by atoms with Gasteiger partial charge in [-0.05, 0) is 46.0 Å². The summed E-state index contributed by atoms with van der Waals surface area (Å²) >= 11 is 3.03. The standard InChI is InChI=1S/C16H18BrN3O3/c1-3-10(2)11-4-6-12(7-5-11)18-14(21)9-20-8-13(17)15(22)19-16(20)23/h4-8,10H,3,9H2,1-2H3,(H,18,21)(H,19,22,23)/t10-/m1/s1. The van der Waals surface area contributed by atoms with Crippen molar-refractivity contribution < 1.29 is 4.79 Å². The number of aromatic nitrogens is 2. The third kappa shape index (κ3) is 4.41. The highest BCUT2D eigenvalue weighted by molar-refractivity contribution is 9.10. The number of nitrogens with one attached hydrogen (secondary N) is 2.